The van der Waals surface area contributed by atoms with Gasteiger partial charge in [-0.2, -0.15) is 5.10 Å². The van der Waals surface area contributed by atoms with E-state index in [1.54, 1.807) is 30.2 Å². The van der Waals surface area contributed by atoms with Crippen LogP contribution in [0.25, 0.3) is 0 Å². The van der Waals surface area contributed by atoms with Crippen LogP contribution in [-0.2, 0) is 7.05 Å². The molecular formula is C15H19N5O. The Morgan fingerprint density at radius 2 is 2.24 bits per heavy atom. The molecule has 21 heavy (non-hydrogen) atoms. The van der Waals surface area contributed by atoms with Gasteiger partial charge in [-0.05, 0) is 31.0 Å². The van der Waals surface area contributed by atoms with Crippen molar-refractivity contribution >= 4 is 11.7 Å². The summed E-state index contributed by atoms with van der Waals surface area (Å²) in [5.74, 6) is 0.903. The number of pyridine rings is 1. The standard InChI is InChI=1S/C15H19N5O/c1-19-13(7-9-17-19)15(21)18-12-5-4-10-20(11-12)14-6-2-3-8-16-14/h2-3,6-9,12H,4-5,10-11H2,1H3,(H,18,21)/t12-/m1/s1. The Kier molecular flexibility index (Phi) is 3.85. The Morgan fingerprint density at radius 3 is 2.95 bits per heavy atom. The van der Waals surface area contributed by atoms with Crippen molar-refractivity contribution in [3.8, 4) is 0 Å². The Balaban J connectivity index is 1.64. The fraction of sp³-hybridized carbons (Fsp3) is 0.400. The molecule has 2 aromatic rings. The Morgan fingerprint density at radius 1 is 1.33 bits per heavy atom. The summed E-state index contributed by atoms with van der Waals surface area (Å²) in [5, 5.41) is 7.12. The van der Waals surface area contributed by atoms with Gasteiger partial charge in [-0.15, -0.1) is 0 Å². The fourth-order valence-electron chi connectivity index (χ4n) is 2.70. The van der Waals surface area contributed by atoms with Gasteiger partial charge in [0.1, 0.15) is 11.5 Å². The van der Waals surface area contributed by atoms with Gasteiger partial charge in [0.15, 0.2) is 0 Å². The number of carbonyl (C=O) groups excluding carboxylic acids is 1. The Hall–Kier alpha value is -2.37. The molecule has 1 saturated heterocycles. The molecule has 1 aliphatic heterocycles. The molecular weight excluding hydrogens is 266 g/mol. The van der Waals surface area contributed by atoms with Crippen molar-refractivity contribution < 1.29 is 4.79 Å². The second-order valence-corrected chi connectivity index (χ2v) is 5.29. The van der Waals surface area contributed by atoms with E-state index in [-0.39, 0.29) is 11.9 Å². The zero-order valence-corrected chi connectivity index (χ0v) is 12.1. The molecule has 6 nitrogen and oxygen atoms in total. The van der Waals surface area contributed by atoms with Crippen LogP contribution in [0.4, 0.5) is 5.82 Å². The first-order valence-corrected chi connectivity index (χ1v) is 7.19. The highest BCUT2D eigenvalue weighted by Gasteiger charge is 2.23. The van der Waals surface area contributed by atoms with Crippen LogP contribution in [0.5, 0.6) is 0 Å². The highest BCUT2D eigenvalue weighted by molar-refractivity contribution is 5.92. The monoisotopic (exact) mass is 285 g/mol. The van der Waals surface area contributed by atoms with Gasteiger partial charge in [0.05, 0.1) is 0 Å². The maximum absolute atomic E-state index is 12.2. The van der Waals surface area contributed by atoms with E-state index >= 15 is 0 Å². The number of aromatic nitrogens is 3. The molecule has 1 N–H and O–H groups in total. The molecule has 2 aromatic heterocycles. The fourth-order valence-corrected chi connectivity index (χ4v) is 2.70. The number of hydrogen-bond acceptors (Lipinski definition) is 4. The quantitative estimate of drug-likeness (QED) is 0.921. The molecule has 0 unspecified atom stereocenters. The second kappa shape index (κ2) is 5.95. The number of rotatable bonds is 3. The molecule has 0 bridgehead atoms. The molecule has 1 amide bonds. The lowest BCUT2D eigenvalue weighted by atomic mass is 10.1. The number of piperidine rings is 1. The van der Waals surface area contributed by atoms with Crippen LogP contribution < -0.4 is 10.2 Å². The van der Waals surface area contributed by atoms with E-state index in [9.17, 15) is 4.79 Å². The number of anilines is 1. The van der Waals surface area contributed by atoms with E-state index in [0.717, 1.165) is 31.7 Å². The minimum Gasteiger partial charge on any atom is -0.355 e. The average Bonchev–Trinajstić information content (AvgIpc) is 2.95. The van der Waals surface area contributed by atoms with E-state index in [1.165, 1.54) is 0 Å². The van der Waals surface area contributed by atoms with Crippen LogP contribution in [0.15, 0.2) is 36.7 Å². The largest absolute Gasteiger partial charge is 0.355 e. The Bertz CT molecular complexity index is 610. The third kappa shape index (κ3) is 3.04. The summed E-state index contributed by atoms with van der Waals surface area (Å²) in [5.41, 5.74) is 0.588. The zero-order chi connectivity index (χ0) is 14.7. The van der Waals surface area contributed by atoms with Gasteiger partial charge in [0.2, 0.25) is 0 Å². The summed E-state index contributed by atoms with van der Waals surface area (Å²) in [6.45, 7) is 1.77. The van der Waals surface area contributed by atoms with Crippen molar-refractivity contribution in [1.29, 1.82) is 0 Å². The summed E-state index contributed by atoms with van der Waals surface area (Å²) in [6, 6.07) is 7.78. The minimum atomic E-state index is -0.0668. The van der Waals surface area contributed by atoms with Crippen molar-refractivity contribution in [2.45, 2.75) is 18.9 Å². The molecule has 0 saturated carbocycles. The lowest BCUT2D eigenvalue weighted by molar-refractivity contribution is 0.0923. The molecule has 1 fully saturated rings. The number of nitrogens with one attached hydrogen (secondary N) is 1. The van der Waals surface area contributed by atoms with Crippen molar-refractivity contribution in [1.82, 2.24) is 20.1 Å². The first kappa shape index (κ1) is 13.6. The minimum absolute atomic E-state index is 0.0668. The number of hydrogen-bond donors (Lipinski definition) is 1. The van der Waals surface area contributed by atoms with Gasteiger partial charge in [-0.25, -0.2) is 4.98 Å². The van der Waals surface area contributed by atoms with E-state index in [4.69, 9.17) is 0 Å². The number of aryl methyl sites for hydroxylation is 1. The molecule has 6 heteroatoms. The normalized spacial score (nSPS) is 18.5. The number of carbonyl (C=O) groups is 1. The highest BCUT2D eigenvalue weighted by atomic mass is 16.2. The SMILES string of the molecule is Cn1nccc1C(=O)N[C@@H]1CCCN(c2ccccn2)C1. The van der Waals surface area contributed by atoms with Gasteiger partial charge in [0, 0.05) is 38.6 Å². The smallest absolute Gasteiger partial charge is 0.269 e. The topological polar surface area (TPSA) is 63.1 Å². The molecule has 3 rings (SSSR count). The summed E-state index contributed by atoms with van der Waals surface area (Å²) in [6.07, 6.45) is 5.48. The summed E-state index contributed by atoms with van der Waals surface area (Å²) in [7, 11) is 1.77. The maximum atomic E-state index is 12.2. The van der Waals surface area contributed by atoms with E-state index in [0.29, 0.717) is 5.69 Å². The van der Waals surface area contributed by atoms with E-state index < -0.39 is 0 Å². The van der Waals surface area contributed by atoms with Crippen LogP contribution in [0.2, 0.25) is 0 Å². The maximum Gasteiger partial charge on any atom is 0.269 e. The number of nitrogens with zero attached hydrogens (tertiary/aromatic N) is 4. The molecule has 0 aliphatic carbocycles. The molecule has 1 atom stereocenters. The Labute approximate surface area is 123 Å². The molecule has 0 aromatic carbocycles. The third-order valence-corrected chi connectivity index (χ3v) is 3.78. The van der Waals surface area contributed by atoms with Gasteiger partial charge in [0.25, 0.3) is 5.91 Å². The van der Waals surface area contributed by atoms with E-state index in [1.807, 2.05) is 18.2 Å². The van der Waals surface area contributed by atoms with Gasteiger partial charge in [-0.3, -0.25) is 9.48 Å². The molecule has 110 valence electrons. The molecule has 0 radical (unpaired) electrons. The highest BCUT2D eigenvalue weighted by Crippen LogP contribution is 2.17. The summed E-state index contributed by atoms with van der Waals surface area (Å²) in [4.78, 5) is 18.8. The number of amides is 1. The van der Waals surface area contributed by atoms with Crippen LogP contribution in [0.3, 0.4) is 0 Å². The first-order chi connectivity index (χ1) is 10.2. The summed E-state index contributed by atoms with van der Waals surface area (Å²) >= 11 is 0. The molecule has 3 heterocycles. The van der Waals surface area contributed by atoms with Crippen LogP contribution in [0, 0.1) is 0 Å². The summed E-state index contributed by atoms with van der Waals surface area (Å²) < 4.78 is 1.59. The van der Waals surface area contributed by atoms with Crippen molar-refractivity contribution in [3.05, 3.63) is 42.4 Å². The van der Waals surface area contributed by atoms with Crippen LogP contribution >= 0.6 is 0 Å². The molecule has 1 aliphatic rings. The molecule has 0 spiro atoms. The average molecular weight is 285 g/mol. The predicted octanol–water partition coefficient (Wildman–Crippen LogP) is 1.21. The van der Waals surface area contributed by atoms with E-state index in [2.05, 4.69) is 20.3 Å². The van der Waals surface area contributed by atoms with Crippen LogP contribution in [0.1, 0.15) is 23.3 Å². The van der Waals surface area contributed by atoms with Crippen molar-refractivity contribution in [3.63, 3.8) is 0 Å². The van der Waals surface area contributed by atoms with Crippen LogP contribution in [-0.4, -0.2) is 39.8 Å². The zero-order valence-electron chi connectivity index (χ0n) is 12.1. The third-order valence-electron chi connectivity index (χ3n) is 3.78. The van der Waals surface area contributed by atoms with Gasteiger partial charge in [-0.1, -0.05) is 6.07 Å². The van der Waals surface area contributed by atoms with Gasteiger partial charge >= 0.3 is 0 Å². The second-order valence-electron chi connectivity index (χ2n) is 5.29. The predicted molar refractivity (Wildman–Crippen MR) is 80.1 cm³/mol. The lowest BCUT2D eigenvalue weighted by Gasteiger charge is -2.33. The first-order valence-electron chi connectivity index (χ1n) is 7.19. The van der Waals surface area contributed by atoms with Crippen molar-refractivity contribution in [2.24, 2.45) is 7.05 Å². The van der Waals surface area contributed by atoms with Gasteiger partial charge < -0.3 is 10.2 Å². The van der Waals surface area contributed by atoms with Crippen molar-refractivity contribution in [2.75, 3.05) is 18.0 Å². The lowest BCUT2D eigenvalue weighted by Crippen LogP contribution is -2.48.